The lowest BCUT2D eigenvalue weighted by molar-refractivity contribution is 0.581. The van der Waals surface area contributed by atoms with E-state index in [0.29, 0.717) is 25.3 Å². The molecule has 0 aliphatic carbocycles. The van der Waals surface area contributed by atoms with Crippen LogP contribution in [0.1, 0.15) is 12.6 Å². The van der Waals surface area contributed by atoms with Crippen LogP contribution in [0.5, 0.6) is 0 Å². The van der Waals surface area contributed by atoms with Gasteiger partial charge in [-0.1, -0.05) is 0 Å². The minimum Gasteiger partial charge on any atom is -0.370 e. The van der Waals surface area contributed by atoms with Crippen LogP contribution in [0.25, 0.3) is 0 Å². The average molecular weight is 295 g/mol. The standard InChI is InChI=1S/C12H17N5O2S/c1-2-14-12-7-11(4-5-15-12)20(18,19)17-6-3-10-8-13-9-16-10/h4-5,7-9,17H,2-3,6H2,1H3,(H,13,16)(H,14,15). The number of H-pyrrole nitrogens is 1. The van der Waals surface area contributed by atoms with Gasteiger partial charge < -0.3 is 10.3 Å². The van der Waals surface area contributed by atoms with E-state index in [2.05, 4.69) is 25.0 Å². The first-order valence-corrected chi connectivity index (χ1v) is 7.77. The number of imidazole rings is 1. The zero-order valence-electron chi connectivity index (χ0n) is 11.1. The maximum absolute atomic E-state index is 12.1. The molecule has 8 heteroatoms. The van der Waals surface area contributed by atoms with E-state index in [9.17, 15) is 8.42 Å². The molecule has 108 valence electrons. The topological polar surface area (TPSA) is 99.8 Å². The van der Waals surface area contributed by atoms with Gasteiger partial charge in [-0.3, -0.25) is 0 Å². The van der Waals surface area contributed by atoms with Gasteiger partial charge in [0.15, 0.2) is 0 Å². The third kappa shape index (κ3) is 3.78. The molecule has 2 aromatic rings. The van der Waals surface area contributed by atoms with Crippen molar-refractivity contribution >= 4 is 15.8 Å². The van der Waals surface area contributed by atoms with Crippen molar-refractivity contribution in [1.82, 2.24) is 19.7 Å². The molecule has 0 atom stereocenters. The Kier molecular flexibility index (Phi) is 4.70. The summed E-state index contributed by atoms with van der Waals surface area (Å²) in [5, 5.41) is 2.98. The van der Waals surface area contributed by atoms with Crippen molar-refractivity contribution in [2.24, 2.45) is 0 Å². The van der Waals surface area contributed by atoms with Crippen molar-refractivity contribution in [2.75, 3.05) is 18.4 Å². The van der Waals surface area contributed by atoms with Crippen LogP contribution in [-0.2, 0) is 16.4 Å². The zero-order chi connectivity index (χ0) is 14.4. The lowest BCUT2D eigenvalue weighted by atomic mass is 10.3. The molecule has 0 bridgehead atoms. The highest BCUT2D eigenvalue weighted by atomic mass is 32.2. The Morgan fingerprint density at radius 2 is 2.25 bits per heavy atom. The SMILES string of the molecule is CCNc1cc(S(=O)(=O)NCCc2cnc[nH]2)ccn1. The van der Waals surface area contributed by atoms with Gasteiger partial charge in [0.2, 0.25) is 10.0 Å². The van der Waals surface area contributed by atoms with E-state index in [1.165, 1.54) is 18.3 Å². The van der Waals surface area contributed by atoms with E-state index in [-0.39, 0.29) is 4.90 Å². The van der Waals surface area contributed by atoms with Crippen molar-refractivity contribution in [2.45, 2.75) is 18.2 Å². The van der Waals surface area contributed by atoms with E-state index in [4.69, 9.17) is 0 Å². The van der Waals surface area contributed by atoms with Crippen LogP contribution in [-0.4, -0.2) is 36.5 Å². The fourth-order valence-electron chi connectivity index (χ4n) is 1.68. The second-order valence-corrected chi connectivity index (χ2v) is 5.90. The number of rotatable bonds is 7. The summed E-state index contributed by atoms with van der Waals surface area (Å²) in [6.07, 6.45) is 5.27. The molecule has 2 aromatic heterocycles. The third-order valence-corrected chi connectivity index (χ3v) is 4.10. The molecule has 3 N–H and O–H groups in total. The van der Waals surface area contributed by atoms with Crippen LogP contribution in [0.2, 0.25) is 0 Å². The number of hydrogen-bond acceptors (Lipinski definition) is 5. The van der Waals surface area contributed by atoms with Crippen LogP contribution in [0.4, 0.5) is 5.82 Å². The predicted octanol–water partition coefficient (Wildman–Crippen LogP) is 0.757. The van der Waals surface area contributed by atoms with Crippen molar-refractivity contribution in [3.63, 3.8) is 0 Å². The van der Waals surface area contributed by atoms with Crippen LogP contribution in [0, 0.1) is 0 Å². The summed E-state index contributed by atoms with van der Waals surface area (Å²) >= 11 is 0. The smallest absolute Gasteiger partial charge is 0.240 e. The van der Waals surface area contributed by atoms with Crippen LogP contribution < -0.4 is 10.0 Å². The van der Waals surface area contributed by atoms with Gasteiger partial charge in [-0.25, -0.2) is 23.1 Å². The molecule has 2 heterocycles. The largest absolute Gasteiger partial charge is 0.370 e. The molecule has 0 aromatic carbocycles. The summed E-state index contributed by atoms with van der Waals surface area (Å²) in [5.41, 5.74) is 0.885. The van der Waals surface area contributed by atoms with E-state index in [1.54, 1.807) is 12.5 Å². The van der Waals surface area contributed by atoms with E-state index in [0.717, 1.165) is 5.69 Å². The van der Waals surface area contributed by atoms with Gasteiger partial charge in [-0.15, -0.1) is 0 Å². The molecular weight excluding hydrogens is 278 g/mol. The quantitative estimate of drug-likeness (QED) is 0.700. The Labute approximate surface area is 117 Å². The number of pyridine rings is 1. The van der Waals surface area contributed by atoms with Crippen LogP contribution in [0.15, 0.2) is 35.7 Å². The summed E-state index contributed by atoms with van der Waals surface area (Å²) in [5.74, 6) is 0.545. The number of aromatic amines is 1. The Balaban J connectivity index is 2.00. The fourth-order valence-corrected chi connectivity index (χ4v) is 2.73. The summed E-state index contributed by atoms with van der Waals surface area (Å²) < 4.78 is 26.8. The van der Waals surface area contributed by atoms with Crippen molar-refractivity contribution in [3.8, 4) is 0 Å². The van der Waals surface area contributed by atoms with E-state index >= 15 is 0 Å². The Bertz CT molecular complexity index is 640. The molecule has 0 spiro atoms. The highest BCUT2D eigenvalue weighted by Gasteiger charge is 2.14. The van der Waals surface area contributed by atoms with Crippen LogP contribution >= 0.6 is 0 Å². The van der Waals surface area contributed by atoms with Gasteiger partial charge in [0.25, 0.3) is 0 Å². The number of hydrogen-bond donors (Lipinski definition) is 3. The van der Waals surface area contributed by atoms with Crippen LogP contribution in [0.3, 0.4) is 0 Å². The Morgan fingerprint density at radius 3 is 2.95 bits per heavy atom. The van der Waals surface area contributed by atoms with Gasteiger partial charge in [0.1, 0.15) is 5.82 Å². The molecule has 0 unspecified atom stereocenters. The monoisotopic (exact) mass is 295 g/mol. The zero-order valence-corrected chi connectivity index (χ0v) is 11.9. The molecule has 0 aliphatic heterocycles. The Morgan fingerprint density at radius 1 is 1.40 bits per heavy atom. The molecule has 0 radical (unpaired) electrons. The molecule has 0 amide bonds. The fraction of sp³-hybridized carbons (Fsp3) is 0.333. The molecule has 7 nitrogen and oxygen atoms in total. The minimum atomic E-state index is -3.52. The van der Waals surface area contributed by atoms with Crippen molar-refractivity contribution < 1.29 is 8.42 Å². The maximum atomic E-state index is 12.1. The number of sulfonamides is 1. The average Bonchev–Trinajstić information content (AvgIpc) is 2.92. The number of nitrogens with one attached hydrogen (secondary N) is 3. The molecule has 0 aliphatic rings. The van der Waals surface area contributed by atoms with E-state index < -0.39 is 10.0 Å². The van der Waals surface area contributed by atoms with E-state index in [1.807, 2.05) is 6.92 Å². The maximum Gasteiger partial charge on any atom is 0.240 e. The first-order chi connectivity index (χ1) is 9.62. The third-order valence-electron chi connectivity index (χ3n) is 2.64. The summed E-state index contributed by atoms with van der Waals surface area (Å²) in [7, 11) is -3.52. The molecular formula is C12H17N5O2S. The lowest BCUT2D eigenvalue weighted by Gasteiger charge is -2.08. The molecule has 0 saturated carbocycles. The molecule has 20 heavy (non-hydrogen) atoms. The molecule has 0 saturated heterocycles. The number of anilines is 1. The number of aromatic nitrogens is 3. The van der Waals surface area contributed by atoms with Gasteiger partial charge in [0, 0.05) is 43.7 Å². The first-order valence-electron chi connectivity index (χ1n) is 6.28. The highest BCUT2D eigenvalue weighted by Crippen LogP contribution is 2.12. The summed E-state index contributed by atoms with van der Waals surface area (Å²) in [6, 6.07) is 2.99. The molecule has 0 fully saturated rings. The first kappa shape index (κ1) is 14.5. The molecule has 2 rings (SSSR count). The lowest BCUT2D eigenvalue weighted by Crippen LogP contribution is -2.26. The summed E-state index contributed by atoms with van der Waals surface area (Å²) in [4.78, 5) is 11.1. The number of nitrogens with zero attached hydrogens (tertiary/aromatic N) is 2. The van der Waals surface area contributed by atoms with Crippen molar-refractivity contribution in [1.29, 1.82) is 0 Å². The van der Waals surface area contributed by atoms with Gasteiger partial charge in [-0.05, 0) is 13.0 Å². The predicted molar refractivity (Wildman–Crippen MR) is 75.9 cm³/mol. The van der Waals surface area contributed by atoms with Crippen molar-refractivity contribution in [3.05, 3.63) is 36.5 Å². The summed E-state index contributed by atoms with van der Waals surface area (Å²) in [6.45, 7) is 2.92. The normalized spacial score (nSPS) is 11.4. The van der Waals surface area contributed by atoms with Gasteiger partial charge in [0.05, 0.1) is 11.2 Å². The van der Waals surface area contributed by atoms with Gasteiger partial charge >= 0.3 is 0 Å². The second-order valence-electron chi connectivity index (χ2n) is 4.13. The van der Waals surface area contributed by atoms with Gasteiger partial charge in [-0.2, -0.15) is 0 Å². The second kappa shape index (κ2) is 6.49. The highest BCUT2D eigenvalue weighted by molar-refractivity contribution is 7.89. The Hall–Kier alpha value is -1.93. The minimum absolute atomic E-state index is 0.202.